The molecule has 9 heteroatoms. The number of thiol groups is 1. The highest BCUT2D eigenvalue weighted by Gasteiger charge is 2.26. The van der Waals surface area contributed by atoms with Crippen molar-refractivity contribution in [3.63, 3.8) is 0 Å². The van der Waals surface area contributed by atoms with Gasteiger partial charge in [0.2, 0.25) is 5.88 Å². The first kappa shape index (κ1) is 22.1. The molecule has 1 amide bonds. The number of carbonyl (C=O) groups excluding carboxylic acids is 1. The fraction of sp³-hybridized carbons (Fsp3) is 0.421. The highest BCUT2D eigenvalue weighted by molar-refractivity contribution is 7.99. The van der Waals surface area contributed by atoms with Crippen LogP contribution in [-0.2, 0) is 20.6 Å². The maximum absolute atomic E-state index is 13.0. The molecule has 0 N–H and O–H groups in total. The van der Waals surface area contributed by atoms with Crippen molar-refractivity contribution in [2.45, 2.75) is 39.0 Å². The first-order valence-corrected chi connectivity index (χ1v) is 11.3. The van der Waals surface area contributed by atoms with Crippen LogP contribution >= 0.6 is 11.6 Å². The van der Waals surface area contributed by atoms with Crippen molar-refractivity contribution >= 4 is 27.8 Å². The van der Waals surface area contributed by atoms with Crippen LogP contribution in [0.3, 0.4) is 0 Å². The zero-order chi connectivity index (χ0) is 21.1. The summed E-state index contributed by atoms with van der Waals surface area (Å²) in [7, 11) is -1.47. The second-order valence-corrected chi connectivity index (χ2v) is 10.9. The number of rotatable bonds is 5. The number of benzene rings is 1. The van der Waals surface area contributed by atoms with Crippen molar-refractivity contribution in [1.29, 1.82) is 0 Å². The van der Waals surface area contributed by atoms with Crippen LogP contribution in [0, 0.1) is 6.92 Å². The number of aryl methyl sites for hydroxylation is 1. The molecule has 0 aliphatic heterocycles. The van der Waals surface area contributed by atoms with Gasteiger partial charge in [-0.1, -0.05) is 23.7 Å². The summed E-state index contributed by atoms with van der Waals surface area (Å²) in [6.07, 6.45) is 0.960. The van der Waals surface area contributed by atoms with Gasteiger partial charge in [0.1, 0.15) is 22.3 Å². The van der Waals surface area contributed by atoms with E-state index in [1.807, 2.05) is 0 Å². The van der Waals surface area contributed by atoms with Crippen molar-refractivity contribution in [1.82, 2.24) is 14.3 Å². The zero-order valence-corrected chi connectivity index (χ0v) is 18.5. The number of carbonyl (C=O) groups is 1. The number of nitrogens with zero attached hydrogens (tertiary/aromatic N) is 3. The molecule has 0 spiro atoms. The van der Waals surface area contributed by atoms with Gasteiger partial charge in [0.05, 0.1) is 0 Å². The summed E-state index contributed by atoms with van der Waals surface area (Å²) in [4.78, 5) is 20.3. The summed E-state index contributed by atoms with van der Waals surface area (Å²) in [6.45, 7) is 7.03. The molecule has 7 nitrogen and oxygen atoms in total. The monoisotopic (exact) mass is 427 g/mol. The Balaban J connectivity index is 2.06. The molecule has 0 saturated heterocycles. The predicted molar refractivity (Wildman–Crippen MR) is 111 cm³/mol. The lowest BCUT2D eigenvalue weighted by atomic mass is 10.2. The van der Waals surface area contributed by atoms with Crippen molar-refractivity contribution in [2.75, 3.05) is 13.3 Å². The smallest absolute Gasteiger partial charge is 0.420 e. The van der Waals surface area contributed by atoms with Crippen LogP contribution in [0.2, 0.25) is 5.15 Å². The summed E-state index contributed by atoms with van der Waals surface area (Å²) in [5, 5.41) is 0.302. The SMILES string of the molecule is Cc1nc(Cl)cc(Oc2ccc(C[SH](C)(=O)N(C)C(=O)OC(C)(C)C)cc2)n1. The molecule has 0 atom stereocenters. The van der Waals surface area contributed by atoms with Crippen LogP contribution in [0.1, 0.15) is 32.2 Å². The normalized spacial score (nSPS) is 12.4. The van der Waals surface area contributed by atoms with Crippen LogP contribution in [0.4, 0.5) is 4.79 Å². The van der Waals surface area contributed by atoms with Crippen molar-refractivity contribution < 1.29 is 18.5 Å². The van der Waals surface area contributed by atoms with Crippen molar-refractivity contribution in [2.24, 2.45) is 0 Å². The third-order valence-corrected chi connectivity index (χ3v) is 6.28. The van der Waals surface area contributed by atoms with Gasteiger partial charge in [-0.2, -0.15) is 4.98 Å². The summed E-state index contributed by atoms with van der Waals surface area (Å²) in [5.74, 6) is 1.64. The van der Waals surface area contributed by atoms with Crippen molar-refractivity contribution in [3.05, 3.63) is 46.9 Å². The summed E-state index contributed by atoms with van der Waals surface area (Å²) in [5.41, 5.74) is 0.164. The fourth-order valence-electron chi connectivity index (χ4n) is 2.29. The Morgan fingerprint density at radius 3 is 2.36 bits per heavy atom. The van der Waals surface area contributed by atoms with E-state index in [1.165, 1.54) is 17.4 Å². The Labute approximate surface area is 171 Å². The molecule has 0 bridgehead atoms. The molecule has 0 aliphatic carbocycles. The Kier molecular flexibility index (Phi) is 6.67. The fourth-order valence-corrected chi connectivity index (χ4v) is 3.99. The van der Waals surface area contributed by atoms with Gasteiger partial charge in [-0.25, -0.2) is 9.78 Å². The molecule has 0 unspecified atom stereocenters. The first-order chi connectivity index (χ1) is 12.9. The zero-order valence-electron chi connectivity index (χ0n) is 16.9. The molecule has 0 radical (unpaired) electrons. The van der Waals surface area contributed by atoms with Gasteiger partial charge in [0.25, 0.3) is 0 Å². The van der Waals surface area contributed by atoms with Crippen molar-refractivity contribution in [3.8, 4) is 11.6 Å². The van der Waals surface area contributed by atoms with E-state index in [9.17, 15) is 9.00 Å². The number of ether oxygens (including phenoxy) is 2. The first-order valence-electron chi connectivity index (χ1n) is 8.67. The number of hydrogen-bond donors (Lipinski definition) is 1. The van der Waals surface area contributed by atoms with Gasteiger partial charge < -0.3 is 9.47 Å². The summed E-state index contributed by atoms with van der Waals surface area (Å²) >= 11 is 5.90. The van der Waals surface area contributed by atoms with E-state index in [4.69, 9.17) is 21.1 Å². The van der Waals surface area contributed by atoms with E-state index in [1.54, 1.807) is 58.2 Å². The average Bonchev–Trinajstić information content (AvgIpc) is 2.53. The van der Waals surface area contributed by atoms with Crippen LogP contribution in [-0.4, -0.2) is 43.5 Å². The van der Waals surface area contributed by atoms with Crippen LogP contribution in [0.15, 0.2) is 30.3 Å². The molecule has 0 saturated carbocycles. The second kappa shape index (κ2) is 8.45. The van der Waals surface area contributed by atoms with Crippen LogP contribution in [0.25, 0.3) is 0 Å². The van der Waals surface area contributed by atoms with Gasteiger partial charge in [0.15, 0.2) is 0 Å². The lowest BCUT2D eigenvalue weighted by Gasteiger charge is -2.32. The van der Waals surface area contributed by atoms with E-state index in [-0.39, 0.29) is 5.75 Å². The minimum atomic E-state index is -2.96. The molecule has 0 fully saturated rings. The number of hydrogen-bond acceptors (Lipinski definition) is 6. The lowest BCUT2D eigenvalue weighted by Crippen LogP contribution is -2.42. The van der Waals surface area contributed by atoms with E-state index in [2.05, 4.69) is 9.97 Å². The van der Waals surface area contributed by atoms with E-state index < -0.39 is 21.8 Å². The maximum Gasteiger partial charge on any atom is 0.420 e. The van der Waals surface area contributed by atoms with E-state index in [0.29, 0.717) is 22.6 Å². The molecule has 1 heterocycles. The largest absolute Gasteiger partial charge is 0.443 e. The average molecular weight is 428 g/mol. The highest BCUT2D eigenvalue weighted by Crippen LogP contribution is 2.24. The number of aromatic nitrogens is 2. The predicted octanol–water partition coefficient (Wildman–Crippen LogP) is 4.16. The minimum absolute atomic E-state index is 0.224. The summed E-state index contributed by atoms with van der Waals surface area (Å²) < 4.78 is 25.2. The molecule has 2 rings (SSSR count). The minimum Gasteiger partial charge on any atom is -0.443 e. The molecule has 1 aromatic heterocycles. The van der Waals surface area contributed by atoms with Crippen LogP contribution in [0.5, 0.6) is 11.6 Å². The molecular weight excluding hydrogens is 402 g/mol. The maximum atomic E-state index is 13.0. The van der Waals surface area contributed by atoms with Gasteiger partial charge in [-0.05, 0) is 55.5 Å². The number of amides is 1. The molecule has 0 aliphatic rings. The van der Waals surface area contributed by atoms with E-state index in [0.717, 1.165) is 5.56 Å². The second-order valence-electron chi connectivity index (χ2n) is 7.54. The summed E-state index contributed by atoms with van der Waals surface area (Å²) in [6, 6.07) is 8.61. The van der Waals surface area contributed by atoms with Gasteiger partial charge in [-0.3, -0.25) is 8.51 Å². The highest BCUT2D eigenvalue weighted by atomic mass is 35.5. The standard InChI is InChI=1S/C19H26ClN3O4S/c1-13-21-16(20)11-17(22-13)26-15-9-7-14(8-10-15)12-28(6,25)23(5)18(24)27-19(2,3)4/h7-11,28H,12H2,1-6H3. The Morgan fingerprint density at radius 1 is 1.21 bits per heavy atom. The van der Waals surface area contributed by atoms with Gasteiger partial charge in [0, 0.05) is 25.1 Å². The van der Waals surface area contributed by atoms with Gasteiger partial charge in [-0.15, -0.1) is 0 Å². The third kappa shape index (κ3) is 6.45. The Bertz CT molecular complexity index is 877. The Hall–Kier alpha value is -2.19. The van der Waals surface area contributed by atoms with E-state index >= 15 is 0 Å². The molecule has 154 valence electrons. The molecule has 2 aromatic rings. The molecule has 1 aromatic carbocycles. The van der Waals surface area contributed by atoms with Gasteiger partial charge >= 0.3 is 6.09 Å². The Morgan fingerprint density at radius 2 is 1.82 bits per heavy atom. The quantitative estimate of drug-likeness (QED) is 0.570. The third-order valence-electron chi connectivity index (χ3n) is 3.70. The van der Waals surface area contributed by atoms with Crippen LogP contribution < -0.4 is 4.74 Å². The number of halogens is 1. The topological polar surface area (TPSA) is 81.6 Å². The molecular formula is C19H26ClN3O4S. The molecule has 28 heavy (non-hydrogen) atoms. The lowest BCUT2D eigenvalue weighted by molar-refractivity contribution is 0.0423.